The maximum absolute atomic E-state index is 13.6. The van der Waals surface area contributed by atoms with Crippen LogP contribution in [-0.2, 0) is 4.79 Å². The highest BCUT2D eigenvalue weighted by Crippen LogP contribution is 2.22. The van der Waals surface area contributed by atoms with Crippen molar-refractivity contribution in [3.8, 4) is 5.75 Å². The molecule has 0 saturated heterocycles. The Balaban J connectivity index is 2.65. The molecule has 5 heteroatoms. The van der Waals surface area contributed by atoms with E-state index >= 15 is 0 Å². The number of ether oxygens (including phenoxy) is 1. The Labute approximate surface area is 119 Å². The first-order valence-corrected chi connectivity index (χ1v) is 6.79. The zero-order valence-corrected chi connectivity index (χ0v) is 12.3. The third-order valence-corrected chi connectivity index (χ3v) is 3.06. The Kier molecular flexibility index (Phi) is 6.45. The van der Waals surface area contributed by atoms with Crippen LogP contribution in [-0.4, -0.2) is 19.6 Å². The topological polar surface area (TPSA) is 64.3 Å². The molecule has 0 unspecified atom stereocenters. The van der Waals surface area contributed by atoms with Gasteiger partial charge in [-0.05, 0) is 36.9 Å². The van der Waals surface area contributed by atoms with E-state index < -0.39 is 5.82 Å². The van der Waals surface area contributed by atoms with Crippen LogP contribution < -0.4 is 15.8 Å². The van der Waals surface area contributed by atoms with Crippen molar-refractivity contribution >= 4 is 11.6 Å². The number of carbonyl (C=O) groups is 1. The minimum Gasteiger partial charge on any atom is -0.497 e. The van der Waals surface area contributed by atoms with Crippen LogP contribution in [0.1, 0.15) is 26.7 Å². The zero-order chi connectivity index (χ0) is 15.1. The van der Waals surface area contributed by atoms with Gasteiger partial charge in [-0.3, -0.25) is 4.79 Å². The third-order valence-electron chi connectivity index (χ3n) is 3.06. The molecule has 0 aliphatic rings. The molecular weight excluding hydrogens is 259 g/mol. The van der Waals surface area contributed by atoms with E-state index in [1.54, 1.807) is 0 Å². The number of methoxy groups -OCH3 is 1. The molecule has 0 heterocycles. The highest BCUT2D eigenvalue weighted by molar-refractivity contribution is 5.91. The van der Waals surface area contributed by atoms with Gasteiger partial charge in [0.05, 0.1) is 12.8 Å². The lowest BCUT2D eigenvalue weighted by molar-refractivity contribution is -0.117. The number of halogens is 1. The lowest BCUT2D eigenvalue weighted by atomic mass is 9.94. The Morgan fingerprint density at radius 3 is 2.70 bits per heavy atom. The highest BCUT2D eigenvalue weighted by Gasteiger charge is 2.15. The van der Waals surface area contributed by atoms with Gasteiger partial charge >= 0.3 is 0 Å². The van der Waals surface area contributed by atoms with Gasteiger partial charge in [-0.2, -0.15) is 0 Å². The molecule has 3 N–H and O–H groups in total. The summed E-state index contributed by atoms with van der Waals surface area (Å²) in [6.07, 6.45) is 1.18. The molecule has 0 aromatic heterocycles. The van der Waals surface area contributed by atoms with Crippen LogP contribution in [0.3, 0.4) is 0 Å². The number of benzene rings is 1. The Morgan fingerprint density at radius 2 is 2.15 bits per heavy atom. The number of anilines is 1. The van der Waals surface area contributed by atoms with Gasteiger partial charge in [0.1, 0.15) is 11.6 Å². The number of hydrogen-bond donors (Lipinski definition) is 2. The average Bonchev–Trinajstić information content (AvgIpc) is 2.40. The molecule has 4 nitrogen and oxygen atoms in total. The summed E-state index contributed by atoms with van der Waals surface area (Å²) in [5.74, 6) is 0.383. The van der Waals surface area contributed by atoms with E-state index in [1.165, 1.54) is 25.3 Å². The fraction of sp³-hybridized carbons (Fsp3) is 0.533. The standard InChI is InChI=1S/C15H23FN2O2/c1-10(2)6-11(9-17)7-15(19)18-14-8-12(20-3)4-5-13(14)16/h4-5,8,10-11H,6-7,9,17H2,1-3H3,(H,18,19)/t11-/m0/s1. The summed E-state index contributed by atoms with van der Waals surface area (Å²) >= 11 is 0. The molecule has 1 aromatic rings. The van der Waals surface area contributed by atoms with E-state index in [4.69, 9.17) is 10.5 Å². The predicted molar refractivity (Wildman–Crippen MR) is 78.2 cm³/mol. The van der Waals surface area contributed by atoms with Crippen LogP contribution in [0.15, 0.2) is 18.2 Å². The second-order valence-electron chi connectivity index (χ2n) is 5.33. The van der Waals surface area contributed by atoms with Crippen molar-refractivity contribution in [2.24, 2.45) is 17.6 Å². The second-order valence-corrected chi connectivity index (χ2v) is 5.33. The average molecular weight is 282 g/mol. The van der Waals surface area contributed by atoms with Crippen molar-refractivity contribution in [1.82, 2.24) is 0 Å². The molecule has 1 rings (SSSR count). The summed E-state index contributed by atoms with van der Waals surface area (Å²) in [4.78, 5) is 11.9. The van der Waals surface area contributed by atoms with Gasteiger partial charge in [0.15, 0.2) is 0 Å². The van der Waals surface area contributed by atoms with Crippen LogP contribution in [0.4, 0.5) is 10.1 Å². The van der Waals surface area contributed by atoms with Gasteiger partial charge in [0.25, 0.3) is 0 Å². The van der Waals surface area contributed by atoms with Crippen LogP contribution in [0.5, 0.6) is 5.75 Å². The van der Waals surface area contributed by atoms with Crippen molar-refractivity contribution in [1.29, 1.82) is 0 Å². The molecule has 20 heavy (non-hydrogen) atoms. The lowest BCUT2D eigenvalue weighted by Gasteiger charge is -2.17. The van der Waals surface area contributed by atoms with Gasteiger partial charge in [-0.1, -0.05) is 13.8 Å². The summed E-state index contributed by atoms with van der Waals surface area (Å²) in [6.45, 7) is 4.62. The number of hydrogen-bond acceptors (Lipinski definition) is 3. The first kappa shape index (κ1) is 16.4. The fourth-order valence-corrected chi connectivity index (χ4v) is 2.12. The SMILES string of the molecule is COc1ccc(F)c(NC(=O)C[C@@H](CN)CC(C)C)c1. The Bertz CT molecular complexity index is 449. The van der Waals surface area contributed by atoms with Gasteiger partial charge in [0, 0.05) is 12.5 Å². The van der Waals surface area contributed by atoms with Crippen LogP contribution >= 0.6 is 0 Å². The molecule has 1 atom stereocenters. The summed E-state index contributed by atoms with van der Waals surface area (Å²) in [5, 5.41) is 2.57. The van der Waals surface area contributed by atoms with Crippen LogP contribution in [0.25, 0.3) is 0 Å². The predicted octanol–water partition coefficient (Wildman–Crippen LogP) is 2.78. The van der Waals surface area contributed by atoms with Crippen molar-refractivity contribution < 1.29 is 13.9 Å². The van der Waals surface area contributed by atoms with Crippen LogP contribution in [0.2, 0.25) is 0 Å². The highest BCUT2D eigenvalue weighted by atomic mass is 19.1. The number of amides is 1. The molecule has 0 aliphatic heterocycles. The van der Waals surface area contributed by atoms with E-state index in [9.17, 15) is 9.18 Å². The number of nitrogens with two attached hydrogens (primary N) is 1. The van der Waals surface area contributed by atoms with Crippen molar-refractivity contribution in [2.45, 2.75) is 26.7 Å². The van der Waals surface area contributed by atoms with E-state index in [2.05, 4.69) is 19.2 Å². The Morgan fingerprint density at radius 1 is 1.45 bits per heavy atom. The molecule has 0 fully saturated rings. The molecule has 0 bridgehead atoms. The van der Waals surface area contributed by atoms with E-state index in [0.717, 1.165) is 6.42 Å². The fourth-order valence-electron chi connectivity index (χ4n) is 2.12. The Hall–Kier alpha value is -1.62. The molecule has 1 amide bonds. The minimum absolute atomic E-state index is 0.115. The van der Waals surface area contributed by atoms with E-state index in [-0.39, 0.29) is 17.5 Å². The normalized spacial score (nSPS) is 12.3. The van der Waals surface area contributed by atoms with E-state index in [0.29, 0.717) is 24.6 Å². The minimum atomic E-state index is -0.479. The van der Waals surface area contributed by atoms with Crippen molar-refractivity contribution in [3.63, 3.8) is 0 Å². The molecule has 112 valence electrons. The molecule has 0 saturated carbocycles. The molecular formula is C15H23FN2O2. The first-order valence-electron chi connectivity index (χ1n) is 6.79. The van der Waals surface area contributed by atoms with E-state index in [1.807, 2.05) is 0 Å². The molecule has 0 radical (unpaired) electrons. The largest absolute Gasteiger partial charge is 0.497 e. The zero-order valence-electron chi connectivity index (χ0n) is 12.3. The maximum Gasteiger partial charge on any atom is 0.224 e. The molecule has 0 aliphatic carbocycles. The quantitative estimate of drug-likeness (QED) is 0.808. The summed E-state index contributed by atoms with van der Waals surface area (Å²) in [6, 6.07) is 4.24. The second kappa shape index (κ2) is 7.85. The maximum atomic E-state index is 13.6. The smallest absolute Gasteiger partial charge is 0.224 e. The lowest BCUT2D eigenvalue weighted by Crippen LogP contribution is -2.23. The summed E-state index contributed by atoms with van der Waals surface area (Å²) in [7, 11) is 1.49. The number of rotatable bonds is 7. The summed E-state index contributed by atoms with van der Waals surface area (Å²) in [5.41, 5.74) is 5.80. The summed E-state index contributed by atoms with van der Waals surface area (Å²) < 4.78 is 18.6. The van der Waals surface area contributed by atoms with Crippen LogP contribution in [0, 0.1) is 17.7 Å². The van der Waals surface area contributed by atoms with Gasteiger partial charge < -0.3 is 15.8 Å². The molecule has 0 spiro atoms. The van der Waals surface area contributed by atoms with Gasteiger partial charge in [0.2, 0.25) is 5.91 Å². The number of carbonyl (C=O) groups excluding carboxylic acids is 1. The van der Waals surface area contributed by atoms with Crippen molar-refractivity contribution in [2.75, 3.05) is 19.0 Å². The van der Waals surface area contributed by atoms with Gasteiger partial charge in [-0.15, -0.1) is 0 Å². The van der Waals surface area contributed by atoms with Gasteiger partial charge in [-0.25, -0.2) is 4.39 Å². The third kappa shape index (κ3) is 5.17. The monoisotopic (exact) mass is 282 g/mol. The first-order chi connectivity index (χ1) is 9.46. The molecule has 1 aromatic carbocycles. The number of nitrogens with one attached hydrogen (secondary N) is 1. The van der Waals surface area contributed by atoms with Crippen molar-refractivity contribution in [3.05, 3.63) is 24.0 Å².